The molecule has 1 N–H and O–H groups in total. The Labute approximate surface area is 70.1 Å². The first-order valence-corrected chi connectivity index (χ1v) is 3.98. The molecule has 1 heterocycles. The molecule has 0 unspecified atom stereocenters. The van der Waals surface area contributed by atoms with Crippen LogP contribution in [-0.4, -0.2) is 11.7 Å². The number of allylic oxidation sites excluding steroid dienone is 3. The molecule has 0 spiro atoms. The predicted octanol–water partition coefficient (Wildman–Crippen LogP) is 0.679. The molecule has 2 rings (SSSR count). The second-order valence-electron chi connectivity index (χ2n) is 3.04. The van der Waals surface area contributed by atoms with E-state index in [4.69, 9.17) is 0 Å². The molecular weight excluding hydrogens is 154 g/mol. The van der Waals surface area contributed by atoms with E-state index in [9.17, 15) is 9.59 Å². The van der Waals surface area contributed by atoms with Crippen LogP contribution in [0.5, 0.6) is 0 Å². The van der Waals surface area contributed by atoms with Crippen LogP contribution in [0, 0.1) is 0 Å². The van der Waals surface area contributed by atoms with Crippen molar-refractivity contribution in [3.63, 3.8) is 0 Å². The van der Waals surface area contributed by atoms with Gasteiger partial charge in [-0.1, -0.05) is 0 Å². The number of carbonyl (C=O) groups excluding carboxylic acids is 2. The molecule has 0 radical (unpaired) electrons. The van der Waals surface area contributed by atoms with Gasteiger partial charge < -0.3 is 5.32 Å². The van der Waals surface area contributed by atoms with Crippen LogP contribution in [0.3, 0.4) is 0 Å². The van der Waals surface area contributed by atoms with Gasteiger partial charge in [-0.3, -0.25) is 9.59 Å². The minimum Gasteiger partial charge on any atom is -0.326 e. The maximum atomic E-state index is 11.0. The summed E-state index contributed by atoms with van der Waals surface area (Å²) in [5, 5.41) is 2.74. The highest BCUT2D eigenvalue weighted by Gasteiger charge is 2.20. The Morgan fingerprint density at radius 3 is 2.83 bits per heavy atom. The highest BCUT2D eigenvalue weighted by atomic mass is 16.1. The molecule has 0 saturated carbocycles. The summed E-state index contributed by atoms with van der Waals surface area (Å²) in [6.07, 6.45) is 4.94. The summed E-state index contributed by atoms with van der Waals surface area (Å²) in [5.41, 5.74) is 1.91. The minimum atomic E-state index is 0.0488. The van der Waals surface area contributed by atoms with Crippen molar-refractivity contribution in [3.8, 4) is 0 Å². The van der Waals surface area contributed by atoms with Crippen molar-refractivity contribution in [2.24, 2.45) is 0 Å². The molecule has 0 bridgehead atoms. The summed E-state index contributed by atoms with van der Waals surface area (Å²) in [7, 11) is 0. The third kappa shape index (κ3) is 1.18. The molecule has 1 aliphatic heterocycles. The van der Waals surface area contributed by atoms with Crippen LogP contribution in [0.2, 0.25) is 0 Å². The van der Waals surface area contributed by atoms with E-state index in [0.29, 0.717) is 12.8 Å². The van der Waals surface area contributed by atoms with E-state index in [1.165, 1.54) is 6.08 Å². The third-order valence-electron chi connectivity index (χ3n) is 2.13. The molecular formula is C9H9NO2. The van der Waals surface area contributed by atoms with Crippen molar-refractivity contribution in [3.05, 3.63) is 23.4 Å². The van der Waals surface area contributed by atoms with Gasteiger partial charge in [0.05, 0.1) is 0 Å². The van der Waals surface area contributed by atoms with E-state index >= 15 is 0 Å². The van der Waals surface area contributed by atoms with Crippen LogP contribution in [0.15, 0.2) is 23.4 Å². The zero-order valence-corrected chi connectivity index (χ0v) is 6.59. The van der Waals surface area contributed by atoms with Crippen LogP contribution in [-0.2, 0) is 9.59 Å². The summed E-state index contributed by atoms with van der Waals surface area (Å²) in [5.74, 6) is 0.178. The normalized spacial score (nSPS) is 22.3. The summed E-state index contributed by atoms with van der Waals surface area (Å²) >= 11 is 0. The van der Waals surface area contributed by atoms with Crippen molar-refractivity contribution in [1.82, 2.24) is 5.32 Å². The highest BCUT2D eigenvalue weighted by molar-refractivity contribution is 5.95. The van der Waals surface area contributed by atoms with E-state index in [2.05, 4.69) is 5.32 Å². The molecule has 12 heavy (non-hydrogen) atoms. The lowest BCUT2D eigenvalue weighted by Crippen LogP contribution is -2.29. The molecule has 0 aromatic rings. The Morgan fingerprint density at radius 1 is 1.17 bits per heavy atom. The van der Waals surface area contributed by atoms with Gasteiger partial charge in [-0.25, -0.2) is 0 Å². The van der Waals surface area contributed by atoms with Crippen molar-refractivity contribution in [2.75, 3.05) is 0 Å². The summed E-state index contributed by atoms with van der Waals surface area (Å²) in [4.78, 5) is 21.9. The number of amides is 1. The van der Waals surface area contributed by atoms with E-state index < -0.39 is 0 Å². The SMILES string of the molecule is O=C1C=CC2=C(CCC(=O)N2)C1. The maximum absolute atomic E-state index is 11.0. The van der Waals surface area contributed by atoms with Crippen molar-refractivity contribution >= 4 is 11.7 Å². The van der Waals surface area contributed by atoms with Gasteiger partial charge in [-0.2, -0.15) is 0 Å². The van der Waals surface area contributed by atoms with Gasteiger partial charge in [-0.05, 0) is 24.1 Å². The van der Waals surface area contributed by atoms with E-state index in [1.54, 1.807) is 6.08 Å². The Bertz CT molecular complexity index is 312. The van der Waals surface area contributed by atoms with Crippen molar-refractivity contribution < 1.29 is 9.59 Å². The highest BCUT2D eigenvalue weighted by Crippen LogP contribution is 2.22. The van der Waals surface area contributed by atoms with Crippen molar-refractivity contribution in [2.45, 2.75) is 19.3 Å². The van der Waals surface area contributed by atoms with Crippen LogP contribution in [0.4, 0.5) is 0 Å². The molecule has 3 heteroatoms. The van der Waals surface area contributed by atoms with Gasteiger partial charge in [0.25, 0.3) is 0 Å². The number of ketones is 1. The second-order valence-corrected chi connectivity index (χ2v) is 3.04. The van der Waals surface area contributed by atoms with E-state index in [0.717, 1.165) is 17.7 Å². The lowest BCUT2D eigenvalue weighted by atomic mass is 9.94. The molecule has 0 fully saturated rings. The maximum Gasteiger partial charge on any atom is 0.224 e. The molecule has 0 saturated heterocycles. The van der Waals surface area contributed by atoms with Gasteiger partial charge in [0, 0.05) is 18.5 Å². The average Bonchev–Trinajstić information content (AvgIpc) is 2.05. The quantitative estimate of drug-likeness (QED) is 0.570. The average molecular weight is 163 g/mol. The van der Waals surface area contributed by atoms with Crippen molar-refractivity contribution in [1.29, 1.82) is 0 Å². The fraction of sp³-hybridized carbons (Fsp3) is 0.333. The zero-order chi connectivity index (χ0) is 8.55. The number of rotatable bonds is 0. The number of hydrogen-bond acceptors (Lipinski definition) is 2. The third-order valence-corrected chi connectivity index (χ3v) is 2.13. The van der Waals surface area contributed by atoms with Gasteiger partial charge in [0.15, 0.2) is 5.78 Å². The molecule has 62 valence electrons. The lowest BCUT2D eigenvalue weighted by molar-refractivity contribution is -0.121. The second kappa shape index (κ2) is 2.59. The zero-order valence-electron chi connectivity index (χ0n) is 6.59. The summed E-state index contributed by atoms with van der Waals surface area (Å²) < 4.78 is 0. The minimum absolute atomic E-state index is 0.0488. The molecule has 2 aliphatic rings. The number of carbonyl (C=O) groups is 2. The fourth-order valence-corrected chi connectivity index (χ4v) is 1.49. The molecule has 1 aliphatic carbocycles. The summed E-state index contributed by atoms with van der Waals surface area (Å²) in [6.45, 7) is 0. The molecule has 0 aromatic carbocycles. The first-order valence-electron chi connectivity index (χ1n) is 3.98. The molecule has 0 aromatic heterocycles. The molecule has 1 amide bonds. The largest absolute Gasteiger partial charge is 0.326 e. The van der Waals surface area contributed by atoms with E-state index in [1.807, 2.05) is 0 Å². The van der Waals surface area contributed by atoms with Gasteiger partial charge in [-0.15, -0.1) is 0 Å². The standard InChI is InChI=1S/C9H9NO2/c11-7-2-3-8-6(5-7)1-4-9(12)10-8/h2-3H,1,4-5H2,(H,10,12). The monoisotopic (exact) mass is 163 g/mol. The Kier molecular flexibility index (Phi) is 1.57. The van der Waals surface area contributed by atoms with Crippen LogP contribution >= 0.6 is 0 Å². The van der Waals surface area contributed by atoms with Crippen LogP contribution < -0.4 is 5.32 Å². The van der Waals surface area contributed by atoms with Gasteiger partial charge >= 0.3 is 0 Å². The Morgan fingerprint density at radius 2 is 2.00 bits per heavy atom. The number of nitrogens with one attached hydrogen (secondary N) is 1. The Hall–Kier alpha value is -1.38. The Balaban J connectivity index is 2.28. The van der Waals surface area contributed by atoms with Gasteiger partial charge in [0.2, 0.25) is 5.91 Å². The fourth-order valence-electron chi connectivity index (χ4n) is 1.49. The molecule has 3 nitrogen and oxygen atoms in total. The number of hydrogen-bond donors (Lipinski definition) is 1. The van der Waals surface area contributed by atoms with Gasteiger partial charge in [0.1, 0.15) is 0 Å². The lowest BCUT2D eigenvalue weighted by Gasteiger charge is -2.20. The first kappa shape index (κ1) is 7.28. The smallest absolute Gasteiger partial charge is 0.224 e. The topological polar surface area (TPSA) is 46.2 Å². The molecule has 0 atom stereocenters. The van der Waals surface area contributed by atoms with Crippen LogP contribution in [0.25, 0.3) is 0 Å². The van der Waals surface area contributed by atoms with Crippen LogP contribution in [0.1, 0.15) is 19.3 Å². The first-order chi connectivity index (χ1) is 5.75. The summed E-state index contributed by atoms with van der Waals surface area (Å²) in [6, 6.07) is 0. The van der Waals surface area contributed by atoms with E-state index in [-0.39, 0.29) is 11.7 Å². The predicted molar refractivity (Wildman–Crippen MR) is 43.2 cm³/mol.